The van der Waals surface area contributed by atoms with Crippen molar-refractivity contribution in [2.75, 3.05) is 0 Å². The summed E-state index contributed by atoms with van der Waals surface area (Å²) in [6.45, 7) is 0. The number of nitro groups is 1. The van der Waals surface area contributed by atoms with Gasteiger partial charge in [0.1, 0.15) is 6.04 Å². The molecule has 160 valence electrons. The van der Waals surface area contributed by atoms with Crippen molar-refractivity contribution in [3.63, 3.8) is 0 Å². The number of rotatable bonds is 7. The van der Waals surface area contributed by atoms with E-state index in [-0.39, 0.29) is 17.1 Å². The van der Waals surface area contributed by atoms with Gasteiger partial charge in [-0.2, -0.15) is 4.98 Å². The van der Waals surface area contributed by atoms with Gasteiger partial charge in [-0.15, -0.1) is 0 Å². The molecule has 1 atom stereocenters. The van der Waals surface area contributed by atoms with Gasteiger partial charge in [0.25, 0.3) is 11.6 Å². The molecule has 0 aliphatic rings. The van der Waals surface area contributed by atoms with Crippen molar-refractivity contribution in [3.8, 4) is 11.4 Å². The van der Waals surface area contributed by atoms with Crippen LogP contribution in [0.4, 0.5) is 5.69 Å². The van der Waals surface area contributed by atoms with Gasteiger partial charge in [0.15, 0.2) is 0 Å². The van der Waals surface area contributed by atoms with Crippen LogP contribution in [0.2, 0.25) is 5.02 Å². The minimum atomic E-state index is -0.649. The summed E-state index contributed by atoms with van der Waals surface area (Å²) in [5.41, 5.74) is 1.61. The van der Waals surface area contributed by atoms with Gasteiger partial charge in [-0.25, -0.2) is 0 Å². The lowest BCUT2D eigenvalue weighted by atomic mass is 10.0. The number of benzene rings is 3. The summed E-state index contributed by atoms with van der Waals surface area (Å²) in [6, 6.07) is 21.4. The third-order valence-corrected chi connectivity index (χ3v) is 4.96. The summed E-state index contributed by atoms with van der Waals surface area (Å²) < 4.78 is 5.46. The van der Waals surface area contributed by atoms with E-state index in [4.69, 9.17) is 16.1 Å². The third kappa shape index (κ3) is 4.98. The van der Waals surface area contributed by atoms with E-state index in [2.05, 4.69) is 15.5 Å². The third-order valence-electron chi connectivity index (χ3n) is 4.73. The first kappa shape index (κ1) is 21.2. The lowest BCUT2D eigenvalue weighted by Crippen LogP contribution is -2.30. The largest absolute Gasteiger partial charge is 0.340 e. The first-order valence-electron chi connectivity index (χ1n) is 9.68. The van der Waals surface area contributed by atoms with Crippen molar-refractivity contribution in [2.24, 2.45) is 0 Å². The van der Waals surface area contributed by atoms with Crippen LogP contribution in [0, 0.1) is 10.1 Å². The summed E-state index contributed by atoms with van der Waals surface area (Å²) in [7, 11) is 0. The van der Waals surface area contributed by atoms with Crippen LogP contribution in [-0.2, 0) is 6.42 Å². The SMILES string of the molecule is O=C(N[C@@H](Cc1ccccc1)c1nc(-c2cccc(Cl)c2)no1)c1cccc([N+](=O)[O-])c1. The Hall–Kier alpha value is -4.04. The highest BCUT2D eigenvalue weighted by molar-refractivity contribution is 6.30. The zero-order chi connectivity index (χ0) is 22.5. The predicted molar refractivity (Wildman–Crippen MR) is 118 cm³/mol. The molecule has 1 amide bonds. The Morgan fingerprint density at radius 1 is 1.06 bits per heavy atom. The first-order valence-corrected chi connectivity index (χ1v) is 10.1. The van der Waals surface area contributed by atoms with Gasteiger partial charge in [-0.1, -0.05) is 65.3 Å². The zero-order valence-electron chi connectivity index (χ0n) is 16.6. The number of hydrogen-bond donors (Lipinski definition) is 1. The van der Waals surface area contributed by atoms with E-state index < -0.39 is 16.9 Å². The molecule has 1 aromatic heterocycles. The fraction of sp³-hybridized carbons (Fsp3) is 0.0870. The number of nitrogens with one attached hydrogen (secondary N) is 1. The average Bonchev–Trinajstić information content (AvgIpc) is 3.30. The van der Waals surface area contributed by atoms with Gasteiger partial charge in [-0.3, -0.25) is 14.9 Å². The number of non-ortho nitro benzene ring substituents is 1. The molecule has 1 heterocycles. The summed E-state index contributed by atoms with van der Waals surface area (Å²) in [5, 5.41) is 18.5. The smallest absolute Gasteiger partial charge is 0.270 e. The average molecular weight is 449 g/mol. The Labute approximate surface area is 188 Å². The van der Waals surface area contributed by atoms with Crippen LogP contribution in [0.3, 0.4) is 0 Å². The highest BCUT2D eigenvalue weighted by Gasteiger charge is 2.24. The van der Waals surface area contributed by atoms with Gasteiger partial charge in [0, 0.05) is 34.7 Å². The van der Waals surface area contributed by atoms with Gasteiger partial charge < -0.3 is 9.84 Å². The molecule has 0 spiro atoms. The van der Waals surface area contributed by atoms with E-state index in [9.17, 15) is 14.9 Å². The van der Waals surface area contributed by atoms with Crippen molar-refractivity contribution in [2.45, 2.75) is 12.5 Å². The second-order valence-corrected chi connectivity index (χ2v) is 7.43. The zero-order valence-corrected chi connectivity index (χ0v) is 17.4. The van der Waals surface area contributed by atoms with Crippen LogP contribution in [0.5, 0.6) is 0 Å². The van der Waals surface area contributed by atoms with E-state index in [1.165, 1.54) is 24.3 Å². The van der Waals surface area contributed by atoms with Crippen molar-refractivity contribution in [1.29, 1.82) is 0 Å². The van der Waals surface area contributed by atoms with Crippen molar-refractivity contribution in [3.05, 3.63) is 111 Å². The molecule has 4 rings (SSSR count). The molecule has 32 heavy (non-hydrogen) atoms. The molecule has 9 heteroatoms. The van der Waals surface area contributed by atoms with Crippen LogP contribution in [0.15, 0.2) is 83.4 Å². The number of nitro benzene ring substituents is 1. The van der Waals surface area contributed by atoms with Crippen molar-refractivity contribution >= 4 is 23.2 Å². The summed E-state index contributed by atoms with van der Waals surface area (Å²) in [6.07, 6.45) is 0.388. The van der Waals surface area contributed by atoms with E-state index in [0.29, 0.717) is 22.8 Å². The Bertz CT molecular complexity index is 1260. The Balaban J connectivity index is 1.63. The number of carbonyl (C=O) groups excluding carboxylic acids is 1. The second-order valence-electron chi connectivity index (χ2n) is 6.99. The Morgan fingerprint density at radius 2 is 1.84 bits per heavy atom. The summed E-state index contributed by atoms with van der Waals surface area (Å²) in [5.74, 6) is 0.0601. The molecule has 0 unspecified atom stereocenters. The molecule has 1 N–H and O–H groups in total. The molecular formula is C23H17ClN4O4. The van der Waals surface area contributed by atoms with Crippen molar-refractivity contribution in [1.82, 2.24) is 15.5 Å². The quantitative estimate of drug-likeness (QED) is 0.314. The molecule has 0 aliphatic heterocycles. The van der Waals surface area contributed by atoms with Crippen molar-refractivity contribution < 1.29 is 14.2 Å². The van der Waals surface area contributed by atoms with E-state index in [1.807, 2.05) is 30.3 Å². The Morgan fingerprint density at radius 3 is 2.59 bits per heavy atom. The second kappa shape index (κ2) is 9.40. The maximum Gasteiger partial charge on any atom is 0.270 e. The van der Waals surface area contributed by atoms with Crippen LogP contribution in [-0.4, -0.2) is 21.0 Å². The standard InChI is InChI=1S/C23H17ClN4O4/c24-18-10-4-8-16(13-18)21-26-23(32-27-21)20(12-15-6-2-1-3-7-15)25-22(29)17-9-5-11-19(14-17)28(30)31/h1-11,13-14,20H,12H2,(H,25,29)/t20-/m0/s1. The lowest BCUT2D eigenvalue weighted by molar-refractivity contribution is -0.384. The number of carbonyl (C=O) groups is 1. The minimum Gasteiger partial charge on any atom is -0.340 e. The number of amides is 1. The van der Waals surface area contributed by atoms with Crippen LogP contribution < -0.4 is 5.32 Å². The van der Waals surface area contributed by atoms with E-state index >= 15 is 0 Å². The highest BCUT2D eigenvalue weighted by Crippen LogP contribution is 2.24. The van der Waals surface area contributed by atoms with Gasteiger partial charge in [-0.05, 0) is 23.8 Å². The highest BCUT2D eigenvalue weighted by atomic mass is 35.5. The van der Waals surface area contributed by atoms with E-state index in [0.717, 1.165) is 5.56 Å². The molecule has 0 saturated heterocycles. The summed E-state index contributed by atoms with van der Waals surface area (Å²) in [4.78, 5) is 27.8. The molecule has 0 aliphatic carbocycles. The molecule has 3 aromatic carbocycles. The molecule has 0 bridgehead atoms. The predicted octanol–water partition coefficient (Wildman–Crippen LogP) is 5.01. The summed E-state index contributed by atoms with van der Waals surface area (Å²) >= 11 is 6.05. The Kier molecular flexibility index (Phi) is 6.23. The topological polar surface area (TPSA) is 111 Å². The number of halogens is 1. The first-order chi connectivity index (χ1) is 15.5. The molecular weight excluding hydrogens is 432 g/mol. The minimum absolute atomic E-state index is 0.159. The maximum absolute atomic E-state index is 12.9. The number of aromatic nitrogens is 2. The van der Waals surface area contributed by atoms with Gasteiger partial charge >= 0.3 is 0 Å². The van der Waals surface area contributed by atoms with Crippen LogP contribution >= 0.6 is 11.6 Å². The normalized spacial score (nSPS) is 11.7. The van der Waals surface area contributed by atoms with Crippen LogP contribution in [0.25, 0.3) is 11.4 Å². The van der Waals surface area contributed by atoms with Gasteiger partial charge in [0.05, 0.1) is 4.92 Å². The molecule has 8 nitrogen and oxygen atoms in total. The molecule has 0 radical (unpaired) electrons. The molecule has 4 aromatic rings. The van der Waals surface area contributed by atoms with Crippen LogP contribution in [0.1, 0.15) is 27.9 Å². The maximum atomic E-state index is 12.9. The fourth-order valence-electron chi connectivity index (χ4n) is 3.17. The lowest BCUT2D eigenvalue weighted by Gasteiger charge is -2.15. The molecule has 0 saturated carbocycles. The van der Waals surface area contributed by atoms with Gasteiger partial charge in [0.2, 0.25) is 11.7 Å². The number of nitrogens with zero attached hydrogens (tertiary/aromatic N) is 3. The molecule has 0 fully saturated rings. The number of hydrogen-bond acceptors (Lipinski definition) is 6. The van der Waals surface area contributed by atoms with E-state index in [1.54, 1.807) is 24.3 Å². The fourth-order valence-corrected chi connectivity index (χ4v) is 3.36. The monoisotopic (exact) mass is 448 g/mol.